The van der Waals surface area contributed by atoms with Gasteiger partial charge in [0.05, 0.1) is 0 Å². The fourth-order valence-electron chi connectivity index (χ4n) is 3.67. The van der Waals surface area contributed by atoms with Crippen molar-refractivity contribution in [3.8, 4) is 0 Å². The smallest absolute Gasteiger partial charge is 0.00492 e. The highest BCUT2D eigenvalue weighted by Crippen LogP contribution is 2.38. The minimum Gasteiger partial charge on any atom is -0.320 e. The zero-order chi connectivity index (χ0) is 12.5. The molecule has 1 aliphatic rings. The molecule has 0 saturated heterocycles. The summed E-state index contributed by atoms with van der Waals surface area (Å²) in [5.41, 5.74) is 0. The third-order valence-electron chi connectivity index (χ3n) is 4.68. The van der Waals surface area contributed by atoms with E-state index in [1.165, 1.54) is 64.3 Å². The maximum atomic E-state index is 3.32. The molecule has 1 rings (SSSR count). The van der Waals surface area contributed by atoms with Gasteiger partial charge in [0.15, 0.2) is 0 Å². The molecule has 0 aromatic rings. The van der Waals surface area contributed by atoms with Gasteiger partial charge in [-0.25, -0.2) is 0 Å². The van der Waals surface area contributed by atoms with E-state index in [-0.39, 0.29) is 0 Å². The van der Waals surface area contributed by atoms with Crippen LogP contribution in [0.2, 0.25) is 0 Å². The molecule has 0 bridgehead atoms. The van der Waals surface area contributed by atoms with Crippen molar-refractivity contribution in [2.45, 2.75) is 71.6 Å². The molecule has 0 heterocycles. The van der Waals surface area contributed by atoms with Crippen LogP contribution in [0, 0.1) is 17.8 Å². The topological polar surface area (TPSA) is 12.0 Å². The zero-order valence-corrected chi connectivity index (χ0v) is 12.3. The van der Waals surface area contributed by atoms with E-state index in [9.17, 15) is 0 Å². The van der Waals surface area contributed by atoms with Crippen LogP contribution in [0.15, 0.2) is 0 Å². The van der Waals surface area contributed by atoms with Crippen LogP contribution in [-0.4, -0.2) is 13.6 Å². The van der Waals surface area contributed by atoms with Crippen LogP contribution in [0.25, 0.3) is 0 Å². The summed E-state index contributed by atoms with van der Waals surface area (Å²) in [5, 5.41) is 3.32. The standard InChI is InChI=1S/C16H33N/c1-4-6-14-8-10-16(11-9-14)15(7-5-2)12-13-17-3/h14-17H,4-13H2,1-3H3. The molecule has 102 valence electrons. The molecule has 0 aliphatic heterocycles. The molecular weight excluding hydrogens is 206 g/mol. The molecule has 0 aromatic carbocycles. The average molecular weight is 239 g/mol. The van der Waals surface area contributed by atoms with Crippen molar-refractivity contribution in [2.75, 3.05) is 13.6 Å². The van der Waals surface area contributed by atoms with Crippen LogP contribution in [0.4, 0.5) is 0 Å². The highest BCUT2D eigenvalue weighted by Gasteiger charge is 2.26. The molecule has 0 spiro atoms. The second-order valence-corrected chi connectivity index (χ2v) is 6.01. The van der Waals surface area contributed by atoms with Gasteiger partial charge in [-0.3, -0.25) is 0 Å². The summed E-state index contributed by atoms with van der Waals surface area (Å²) in [6.07, 6.45) is 13.1. The highest BCUT2D eigenvalue weighted by atomic mass is 14.8. The Labute approximate surface area is 109 Å². The summed E-state index contributed by atoms with van der Waals surface area (Å²) in [7, 11) is 2.08. The summed E-state index contributed by atoms with van der Waals surface area (Å²) >= 11 is 0. The van der Waals surface area contributed by atoms with E-state index in [1.54, 1.807) is 0 Å². The van der Waals surface area contributed by atoms with E-state index in [0.717, 1.165) is 17.8 Å². The van der Waals surface area contributed by atoms with E-state index in [4.69, 9.17) is 0 Å². The molecule has 0 aromatic heterocycles. The van der Waals surface area contributed by atoms with Crippen LogP contribution in [-0.2, 0) is 0 Å². The van der Waals surface area contributed by atoms with Crippen molar-refractivity contribution in [3.63, 3.8) is 0 Å². The molecule has 1 N–H and O–H groups in total. The lowest BCUT2D eigenvalue weighted by Gasteiger charge is -2.34. The lowest BCUT2D eigenvalue weighted by atomic mass is 9.72. The number of hydrogen-bond acceptors (Lipinski definition) is 1. The predicted octanol–water partition coefficient (Wildman–Crippen LogP) is 4.62. The Hall–Kier alpha value is -0.0400. The maximum absolute atomic E-state index is 3.32. The molecular formula is C16H33N. The average Bonchev–Trinajstić information content (AvgIpc) is 2.36. The van der Waals surface area contributed by atoms with Gasteiger partial charge >= 0.3 is 0 Å². The highest BCUT2D eigenvalue weighted by molar-refractivity contribution is 4.78. The van der Waals surface area contributed by atoms with Crippen LogP contribution in [0.5, 0.6) is 0 Å². The first-order valence-corrected chi connectivity index (χ1v) is 7.96. The maximum Gasteiger partial charge on any atom is -0.00492 e. The first-order chi connectivity index (χ1) is 8.31. The summed E-state index contributed by atoms with van der Waals surface area (Å²) < 4.78 is 0. The van der Waals surface area contributed by atoms with Crippen LogP contribution < -0.4 is 5.32 Å². The number of rotatable bonds is 8. The van der Waals surface area contributed by atoms with Crippen LogP contribution in [0.3, 0.4) is 0 Å². The normalized spacial score (nSPS) is 27.0. The van der Waals surface area contributed by atoms with Crippen molar-refractivity contribution in [3.05, 3.63) is 0 Å². The molecule has 17 heavy (non-hydrogen) atoms. The van der Waals surface area contributed by atoms with Gasteiger partial charge in [0.2, 0.25) is 0 Å². The Balaban J connectivity index is 2.31. The lowest BCUT2D eigenvalue weighted by molar-refractivity contribution is 0.181. The third-order valence-corrected chi connectivity index (χ3v) is 4.68. The molecule has 1 atom stereocenters. The van der Waals surface area contributed by atoms with Crippen molar-refractivity contribution in [1.29, 1.82) is 0 Å². The minimum atomic E-state index is 0.995. The van der Waals surface area contributed by atoms with Gasteiger partial charge in [-0.05, 0) is 50.6 Å². The van der Waals surface area contributed by atoms with Crippen molar-refractivity contribution in [2.24, 2.45) is 17.8 Å². The fourth-order valence-corrected chi connectivity index (χ4v) is 3.67. The number of hydrogen-bond donors (Lipinski definition) is 1. The second kappa shape index (κ2) is 8.97. The van der Waals surface area contributed by atoms with Crippen molar-refractivity contribution in [1.82, 2.24) is 5.32 Å². The molecule has 1 unspecified atom stereocenters. The van der Waals surface area contributed by atoms with Gasteiger partial charge in [0, 0.05) is 0 Å². The molecule has 0 radical (unpaired) electrons. The molecule has 1 nitrogen and oxygen atoms in total. The van der Waals surface area contributed by atoms with Gasteiger partial charge in [-0.1, -0.05) is 52.4 Å². The van der Waals surface area contributed by atoms with Crippen LogP contribution >= 0.6 is 0 Å². The Bertz CT molecular complexity index is 170. The van der Waals surface area contributed by atoms with E-state index < -0.39 is 0 Å². The number of nitrogens with one attached hydrogen (secondary N) is 1. The summed E-state index contributed by atoms with van der Waals surface area (Å²) in [6.45, 7) is 5.88. The molecule has 1 aliphatic carbocycles. The van der Waals surface area contributed by atoms with Gasteiger partial charge in [0.1, 0.15) is 0 Å². The third kappa shape index (κ3) is 5.42. The summed E-state index contributed by atoms with van der Waals surface area (Å²) in [6, 6.07) is 0. The molecule has 1 fully saturated rings. The van der Waals surface area contributed by atoms with E-state index >= 15 is 0 Å². The Morgan fingerprint density at radius 1 is 1.00 bits per heavy atom. The first-order valence-electron chi connectivity index (χ1n) is 7.96. The Morgan fingerprint density at radius 2 is 1.71 bits per heavy atom. The first kappa shape index (κ1) is 15.0. The van der Waals surface area contributed by atoms with Crippen LogP contribution in [0.1, 0.15) is 71.6 Å². The second-order valence-electron chi connectivity index (χ2n) is 6.01. The van der Waals surface area contributed by atoms with Crippen molar-refractivity contribution >= 4 is 0 Å². The zero-order valence-electron chi connectivity index (χ0n) is 12.3. The molecule has 1 saturated carbocycles. The van der Waals surface area contributed by atoms with Gasteiger partial charge in [0.25, 0.3) is 0 Å². The minimum absolute atomic E-state index is 0.995. The SMILES string of the molecule is CCCC1CCC(C(CCC)CCNC)CC1. The van der Waals surface area contributed by atoms with Crippen molar-refractivity contribution < 1.29 is 0 Å². The van der Waals surface area contributed by atoms with E-state index in [2.05, 4.69) is 26.2 Å². The predicted molar refractivity (Wildman–Crippen MR) is 77.3 cm³/mol. The van der Waals surface area contributed by atoms with Gasteiger partial charge in [-0.15, -0.1) is 0 Å². The fraction of sp³-hybridized carbons (Fsp3) is 1.00. The Morgan fingerprint density at radius 3 is 2.24 bits per heavy atom. The summed E-state index contributed by atoms with van der Waals surface area (Å²) in [5.74, 6) is 3.09. The largest absolute Gasteiger partial charge is 0.320 e. The monoisotopic (exact) mass is 239 g/mol. The molecule has 0 amide bonds. The Kier molecular flexibility index (Phi) is 7.92. The lowest BCUT2D eigenvalue weighted by Crippen LogP contribution is -2.24. The quantitative estimate of drug-likeness (QED) is 0.652. The van der Waals surface area contributed by atoms with E-state index in [0.29, 0.717) is 0 Å². The van der Waals surface area contributed by atoms with Gasteiger partial charge < -0.3 is 5.32 Å². The summed E-state index contributed by atoms with van der Waals surface area (Å²) in [4.78, 5) is 0. The van der Waals surface area contributed by atoms with E-state index in [1.807, 2.05) is 0 Å². The molecule has 1 heteroatoms. The van der Waals surface area contributed by atoms with Gasteiger partial charge in [-0.2, -0.15) is 0 Å².